The predicted octanol–water partition coefficient (Wildman–Crippen LogP) is 1.86. The highest BCUT2D eigenvalue weighted by atomic mass is 32.2. The first-order chi connectivity index (χ1) is 15.9. The van der Waals surface area contributed by atoms with Crippen LogP contribution >= 0.6 is 0 Å². The maximum atomic E-state index is 13.3. The Balaban J connectivity index is 1.72. The first kappa shape index (κ1) is 22.4. The zero-order valence-corrected chi connectivity index (χ0v) is 19.2. The van der Waals surface area contributed by atoms with Gasteiger partial charge in [-0.25, -0.2) is 13.4 Å². The molecule has 0 saturated heterocycles. The molecule has 1 aromatic carbocycles. The van der Waals surface area contributed by atoms with Gasteiger partial charge in [-0.15, -0.1) is 0 Å². The van der Waals surface area contributed by atoms with Crippen molar-refractivity contribution in [2.24, 2.45) is 5.73 Å². The maximum Gasteiger partial charge on any atom is 0.270 e. The van der Waals surface area contributed by atoms with Crippen molar-refractivity contribution in [3.63, 3.8) is 0 Å². The molecule has 0 aliphatic rings. The molecule has 0 aliphatic carbocycles. The molecule has 0 amide bonds. The predicted molar refractivity (Wildman–Crippen MR) is 121 cm³/mol. The average molecular weight is 473 g/mol. The van der Waals surface area contributed by atoms with Gasteiger partial charge in [-0.3, -0.25) is 9.40 Å². The summed E-state index contributed by atoms with van der Waals surface area (Å²) in [6.07, 6.45) is 6.92. The van der Waals surface area contributed by atoms with E-state index in [1.54, 1.807) is 33.5 Å². The number of nitrogens with two attached hydrogens (primary N) is 1. The third-order valence-corrected chi connectivity index (χ3v) is 6.42. The lowest BCUT2D eigenvalue weighted by molar-refractivity contribution is 0.373. The zero-order chi connectivity index (χ0) is 23.6. The Morgan fingerprint density at radius 3 is 2.33 bits per heavy atom. The van der Waals surface area contributed by atoms with Crippen molar-refractivity contribution in [1.29, 1.82) is 0 Å². The third-order valence-electron chi connectivity index (χ3n) is 5.02. The van der Waals surface area contributed by atoms with Gasteiger partial charge in [0.1, 0.15) is 29.1 Å². The van der Waals surface area contributed by atoms with E-state index in [1.165, 1.54) is 27.7 Å². The molecule has 0 spiro atoms. The molecule has 0 bridgehead atoms. The molecule has 3 N–H and O–H groups in total. The minimum atomic E-state index is -4.10. The second-order valence-electron chi connectivity index (χ2n) is 7.11. The van der Waals surface area contributed by atoms with Gasteiger partial charge in [0.15, 0.2) is 10.7 Å². The molecule has 3 aromatic heterocycles. The van der Waals surface area contributed by atoms with E-state index in [1.807, 2.05) is 18.5 Å². The van der Waals surface area contributed by atoms with Crippen LogP contribution in [0.2, 0.25) is 0 Å². The van der Waals surface area contributed by atoms with Gasteiger partial charge >= 0.3 is 0 Å². The van der Waals surface area contributed by atoms with Crippen LogP contribution in [0.15, 0.2) is 54.1 Å². The van der Waals surface area contributed by atoms with E-state index in [0.29, 0.717) is 24.4 Å². The topological polar surface area (TPSA) is 135 Å². The number of imidazole rings is 1. The number of methoxy groups -OCH3 is 3. The van der Waals surface area contributed by atoms with Gasteiger partial charge in [0.05, 0.1) is 34.1 Å². The second kappa shape index (κ2) is 9.00. The van der Waals surface area contributed by atoms with E-state index < -0.39 is 10.0 Å². The summed E-state index contributed by atoms with van der Waals surface area (Å²) in [7, 11) is 0.185. The Labute approximate surface area is 190 Å². The van der Waals surface area contributed by atoms with Crippen LogP contribution in [0.1, 0.15) is 11.1 Å². The number of hydrogen-bond acceptors (Lipinski definition) is 8. The van der Waals surface area contributed by atoms with E-state index in [4.69, 9.17) is 19.9 Å². The molecule has 4 rings (SSSR count). The smallest absolute Gasteiger partial charge is 0.270 e. The quantitative estimate of drug-likeness (QED) is 0.377. The van der Waals surface area contributed by atoms with Crippen LogP contribution in [-0.2, 0) is 23.1 Å². The highest BCUT2D eigenvalue weighted by molar-refractivity contribution is 7.93. The van der Waals surface area contributed by atoms with E-state index in [-0.39, 0.29) is 22.2 Å². The van der Waals surface area contributed by atoms with Gasteiger partial charge < -0.3 is 24.3 Å². The summed E-state index contributed by atoms with van der Waals surface area (Å²) in [6, 6.07) is 6.53. The molecular weight excluding hydrogens is 448 g/mol. The molecule has 33 heavy (non-hydrogen) atoms. The van der Waals surface area contributed by atoms with Gasteiger partial charge in [0, 0.05) is 24.5 Å². The molecule has 174 valence electrons. The normalized spacial score (nSPS) is 11.5. The van der Waals surface area contributed by atoms with Crippen LogP contribution < -0.4 is 24.7 Å². The van der Waals surface area contributed by atoms with Gasteiger partial charge in [0.25, 0.3) is 10.0 Å². The summed E-state index contributed by atoms with van der Waals surface area (Å²) >= 11 is 0. The number of nitrogens with one attached hydrogen (secondary N) is 1. The van der Waals surface area contributed by atoms with Crippen molar-refractivity contribution in [1.82, 2.24) is 19.2 Å². The van der Waals surface area contributed by atoms with Gasteiger partial charge in [-0.05, 0) is 23.8 Å². The fraction of sp³-hybridized carbons (Fsp3) is 0.238. The average Bonchev–Trinajstić information content (AvgIpc) is 3.44. The fourth-order valence-electron chi connectivity index (χ4n) is 3.52. The molecule has 0 unspecified atom stereocenters. The monoisotopic (exact) mass is 472 g/mol. The van der Waals surface area contributed by atoms with E-state index in [9.17, 15) is 8.42 Å². The zero-order valence-electron chi connectivity index (χ0n) is 18.3. The Hall–Kier alpha value is -3.77. The van der Waals surface area contributed by atoms with E-state index in [2.05, 4.69) is 14.8 Å². The number of rotatable bonds is 9. The van der Waals surface area contributed by atoms with Gasteiger partial charge in [0.2, 0.25) is 0 Å². The largest absolute Gasteiger partial charge is 0.495 e. The lowest BCUT2D eigenvalue weighted by atomic mass is 10.2. The van der Waals surface area contributed by atoms with Crippen molar-refractivity contribution in [2.45, 2.75) is 18.0 Å². The summed E-state index contributed by atoms with van der Waals surface area (Å²) in [4.78, 5) is 4.14. The van der Waals surface area contributed by atoms with Crippen molar-refractivity contribution >= 4 is 21.4 Å². The van der Waals surface area contributed by atoms with E-state index >= 15 is 0 Å². The number of benzene rings is 1. The Morgan fingerprint density at radius 2 is 1.73 bits per heavy atom. The molecule has 0 fully saturated rings. The van der Waals surface area contributed by atoms with Crippen LogP contribution in [-0.4, -0.2) is 48.9 Å². The molecule has 4 aromatic rings. The number of fused-ring (bicyclic) bond motifs is 1. The summed E-state index contributed by atoms with van der Waals surface area (Å²) in [5.41, 5.74) is 7.91. The lowest BCUT2D eigenvalue weighted by Crippen LogP contribution is -2.16. The molecule has 0 aliphatic heterocycles. The lowest BCUT2D eigenvalue weighted by Gasteiger charge is -2.14. The molecule has 11 nitrogen and oxygen atoms in total. The highest BCUT2D eigenvalue weighted by Crippen LogP contribution is 2.36. The number of sulfonamides is 1. The third kappa shape index (κ3) is 4.30. The van der Waals surface area contributed by atoms with Crippen LogP contribution in [0.3, 0.4) is 0 Å². The van der Waals surface area contributed by atoms with Crippen molar-refractivity contribution < 1.29 is 22.6 Å². The number of pyridine rings is 1. The Kier molecular flexibility index (Phi) is 6.11. The first-order valence-electron chi connectivity index (χ1n) is 9.89. The number of ether oxygens (including phenoxy) is 3. The Morgan fingerprint density at radius 1 is 1.03 bits per heavy atom. The van der Waals surface area contributed by atoms with Crippen LogP contribution in [0.5, 0.6) is 17.2 Å². The van der Waals surface area contributed by atoms with E-state index in [0.717, 1.165) is 11.1 Å². The molecule has 12 heteroatoms. The van der Waals surface area contributed by atoms with Gasteiger partial charge in [-0.2, -0.15) is 5.10 Å². The first-order valence-corrected chi connectivity index (χ1v) is 11.4. The molecule has 0 atom stereocenters. The molecule has 3 heterocycles. The number of hydrogen-bond donors (Lipinski definition) is 2. The van der Waals surface area contributed by atoms with Crippen molar-refractivity contribution in [3.05, 3.63) is 60.3 Å². The summed E-state index contributed by atoms with van der Waals surface area (Å²) in [5.74, 6) is 0.850. The molecule has 0 radical (unpaired) electrons. The van der Waals surface area contributed by atoms with Crippen molar-refractivity contribution in [2.75, 3.05) is 26.1 Å². The SMILES string of the molecule is COc1cccc(OC)c1S(=O)(=O)Nc1ncn2cc(Cn3cc(CN)cn3)cc(OC)c12. The van der Waals surface area contributed by atoms with Crippen molar-refractivity contribution in [3.8, 4) is 17.2 Å². The minimum absolute atomic E-state index is 0.107. The summed E-state index contributed by atoms with van der Waals surface area (Å²) in [6.45, 7) is 0.883. The second-order valence-corrected chi connectivity index (χ2v) is 8.73. The Bertz CT molecular complexity index is 1370. The number of anilines is 1. The minimum Gasteiger partial charge on any atom is -0.495 e. The van der Waals surface area contributed by atoms with Crippen LogP contribution in [0.4, 0.5) is 5.82 Å². The van der Waals surface area contributed by atoms with Gasteiger partial charge in [-0.1, -0.05) is 6.07 Å². The highest BCUT2D eigenvalue weighted by Gasteiger charge is 2.27. The summed E-state index contributed by atoms with van der Waals surface area (Å²) in [5, 5.41) is 4.29. The maximum absolute atomic E-state index is 13.3. The molecular formula is C21H24N6O5S. The summed E-state index contributed by atoms with van der Waals surface area (Å²) < 4.78 is 48.5. The van der Waals surface area contributed by atoms with Crippen LogP contribution in [0, 0.1) is 0 Å². The van der Waals surface area contributed by atoms with Crippen LogP contribution in [0.25, 0.3) is 5.52 Å². The molecule has 0 saturated carbocycles. The number of nitrogens with zero attached hydrogens (tertiary/aromatic N) is 4. The number of aromatic nitrogens is 4. The fourth-order valence-corrected chi connectivity index (χ4v) is 4.86. The standard InChI is InChI=1S/C21H24N6O5S/c1-30-16-5-4-6-17(31-2)20(16)33(28,29)25-21-19-18(32-3)7-14(10-26(19)13-23-21)11-27-12-15(8-22)9-24-27/h4-7,9-10,12-13,25H,8,11,22H2,1-3H3.